The maximum absolute atomic E-state index is 12.6. The van der Waals surface area contributed by atoms with Crippen molar-refractivity contribution < 1.29 is 14.3 Å². The highest BCUT2D eigenvalue weighted by atomic mass is 16.5. The Hall–Kier alpha value is -2.82. The van der Waals surface area contributed by atoms with Crippen LogP contribution in [0, 0.1) is 6.92 Å². The van der Waals surface area contributed by atoms with E-state index in [1.54, 1.807) is 29.2 Å². The maximum atomic E-state index is 12.6. The summed E-state index contributed by atoms with van der Waals surface area (Å²) in [6.45, 7) is 6.95. The van der Waals surface area contributed by atoms with Gasteiger partial charge in [0, 0.05) is 24.7 Å². The monoisotopic (exact) mass is 340 g/mol. The number of carbonyl (C=O) groups excluding carboxylic acids is 2. The van der Waals surface area contributed by atoms with Crippen LogP contribution in [0.3, 0.4) is 0 Å². The van der Waals surface area contributed by atoms with Gasteiger partial charge in [-0.15, -0.1) is 0 Å². The molecule has 2 aromatic rings. The number of carbonyl (C=O) groups is 2. The molecule has 0 saturated carbocycles. The number of hydrogen-bond acceptors (Lipinski definition) is 3. The Morgan fingerprint density at radius 3 is 2.44 bits per heavy atom. The highest BCUT2D eigenvalue weighted by Crippen LogP contribution is 2.14. The minimum absolute atomic E-state index is 0.0512. The molecule has 0 radical (unpaired) electrons. The van der Waals surface area contributed by atoms with Crippen molar-refractivity contribution in [3.8, 4) is 5.75 Å². The SMILES string of the molecule is CCN(CCOc1cccc(C)c1)C(=O)c1ccc(NC(C)=O)cc1. The first-order valence-electron chi connectivity index (χ1n) is 8.36. The summed E-state index contributed by atoms with van der Waals surface area (Å²) in [6.07, 6.45) is 0. The second-order valence-electron chi connectivity index (χ2n) is 5.81. The van der Waals surface area contributed by atoms with E-state index in [4.69, 9.17) is 4.74 Å². The first-order chi connectivity index (χ1) is 12.0. The second kappa shape index (κ2) is 8.87. The van der Waals surface area contributed by atoms with Crippen LogP contribution in [0.5, 0.6) is 5.75 Å². The predicted molar refractivity (Wildman–Crippen MR) is 99.0 cm³/mol. The minimum atomic E-state index is -0.137. The van der Waals surface area contributed by atoms with E-state index >= 15 is 0 Å². The molecule has 0 aromatic heterocycles. The molecule has 0 aliphatic heterocycles. The third kappa shape index (κ3) is 5.64. The van der Waals surface area contributed by atoms with Crippen LogP contribution in [0.25, 0.3) is 0 Å². The van der Waals surface area contributed by atoms with Gasteiger partial charge in [0.05, 0.1) is 6.54 Å². The highest BCUT2D eigenvalue weighted by molar-refractivity contribution is 5.95. The molecule has 0 unspecified atom stereocenters. The topological polar surface area (TPSA) is 58.6 Å². The largest absolute Gasteiger partial charge is 0.492 e. The standard InChI is InChI=1S/C20H24N2O3/c1-4-22(12-13-25-19-7-5-6-15(2)14-19)20(24)17-8-10-18(11-9-17)21-16(3)23/h5-11,14H,4,12-13H2,1-3H3,(H,21,23). The lowest BCUT2D eigenvalue weighted by Crippen LogP contribution is -2.34. The van der Waals surface area contributed by atoms with Gasteiger partial charge in [0.1, 0.15) is 12.4 Å². The molecule has 0 atom stereocenters. The molecule has 0 heterocycles. The average molecular weight is 340 g/mol. The van der Waals surface area contributed by atoms with Crippen molar-refractivity contribution in [2.75, 3.05) is 25.0 Å². The molecule has 5 heteroatoms. The average Bonchev–Trinajstić information content (AvgIpc) is 2.58. The van der Waals surface area contributed by atoms with Crippen LogP contribution in [0.1, 0.15) is 29.8 Å². The van der Waals surface area contributed by atoms with Crippen molar-refractivity contribution in [1.82, 2.24) is 4.90 Å². The molecular formula is C20H24N2O3. The van der Waals surface area contributed by atoms with Gasteiger partial charge in [-0.1, -0.05) is 12.1 Å². The molecule has 0 bridgehead atoms. The van der Waals surface area contributed by atoms with Crippen LogP contribution in [0.2, 0.25) is 0 Å². The number of aryl methyl sites for hydroxylation is 1. The van der Waals surface area contributed by atoms with E-state index in [-0.39, 0.29) is 11.8 Å². The summed E-state index contributed by atoms with van der Waals surface area (Å²) in [5.41, 5.74) is 2.40. The molecule has 0 aliphatic rings. The van der Waals surface area contributed by atoms with Gasteiger partial charge in [-0.05, 0) is 55.8 Å². The summed E-state index contributed by atoms with van der Waals surface area (Å²) in [5, 5.41) is 2.69. The van der Waals surface area contributed by atoms with E-state index in [9.17, 15) is 9.59 Å². The van der Waals surface area contributed by atoms with Gasteiger partial charge < -0.3 is 15.0 Å². The van der Waals surface area contributed by atoms with Crippen LogP contribution in [-0.2, 0) is 4.79 Å². The number of likely N-dealkylation sites (N-methyl/N-ethyl adjacent to an activating group) is 1. The van der Waals surface area contributed by atoms with Crippen molar-refractivity contribution in [3.05, 3.63) is 59.7 Å². The molecule has 0 aliphatic carbocycles. The first kappa shape index (κ1) is 18.5. The van der Waals surface area contributed by atoms with Gasteiger partial charge in [-0.2, -0.15) is 0 Å². The van der Waals surface area contributed by atoms with Crippen LogP contribution in [0.15, 0.2) is 48.5 Å². The molecular weight excluding hydrogens is 316 g/mol. The summed E-state index contributed by atoms with van der Waals surface area (Å²) in [7, 11) is 0. The van der Waals surface area contributed by atoms with Gasteiger partial charge in [-0.25, -0.2) is 0 Å². The molecule has 1 N–H and O–H groups in total. The van der Waals surface area contributed by atoms with E-state index in [0.29, 0.717) is 30.9 Å². The molecule has 132 valence electrons. The molecule has 2 amide bonds. The Balaban J connectivity index is 1.92. The molecule has 0 spiro atoms. The third-order valence-electron chi connectivity index (χ3n) is 3.74. The van der Waals surface area contributed by atoms with Gasteiger partial charge in [0.25, 0.3) is 5.91 Å². The van der Waals surface area contributed by atoms with Crippen molar-refractivity contribution in [3.63, 3.8) is 0 Å². The number of nitrogens with zero attached hydrogens (tertiary/aromatic N) is 1. The van der Waals surface area contributed by atoms with Crippen molar-refractivity contribution in [1.29, 1.82) is 0 Å². The summed E-state index contributed by atoms with van der Waals surface area (Å²) in [4.78, 5) is 25.4. The number of rotatable bonds is 7. The molecule has 2 aromatic carbocycles. The van der Waals surface area contributed by atoms with Gasteiger partial charge in [-0.3, -0.25) is 9.59 Å². The molecule has 0 saturated heterocycles. The lowest BCUT2D eigenvalue weighted by Gasteiger charge is -2.21. The fourth-order valence-electron chi connectivity index (χ4n) is 2.46. The number of nitrogens with one attached hydrogen (secondary N) is 1. The Morgan fingerprint density at radius 1 is 1.12 bits per heavy atom. The predicted octanol–water partition coefficient (Wildman–Crippen LogP) is 3.49. The van der Waals surface area contributed by atoms with E-state index in [2.05, 4.69) is 5.32 Å². The third-order valence-corrected chi connectivity index (χ3v) is 3.74. The zero-order valence-electron chi connectivity index (χ0n) is 14.9. The van der Waals surface area contributed by atoms with E-state index in [0.717, 1.165) is 11.3 Å². The van der Waals surface area contributed by atoms with Crippen LogP contribution < -0.4 is 10.1 Å². The van der Waals surface area contributed by atoms with Crippen LogP contribution in [-0.4, -0.2) is 36.4 Å². The lowest BCUT2D eigenvalue weighted by molar-refractivity contribution is -0.114. The molecule has 2 rings (SSSR count). The molecule has 25 heavy (non-hydrogen) atoms. The highest BCUT2D eigenvalue weighted by Gasteiger charge is 2.14. The number of anilines is 1. The molecule has 0 fully saturated rings. The zero-order chi connectivity index (χ0) is 18.2. The Morgan fingerprint density at radius 2 is 1.84 bits per heavy atom. The Kier molecular flexibility index (Phi) is 6.57. The summed E-state index contributed by atoms with van der Waals surface area (Å²) < 4.78 is 5.73. The molecule has 5 nitrogen and oxygen atoms in total. The quantitative estimate of drug-likeness (QED) is 0.839. The fourth-order valence-corrected chi connectivity index (χ4v) is 2.46. The maximum Gasteiger partial charge on any atom is 0.253 e. The van der Waals surface area contributed by atoms with E-state index in [1.165, 1.54) is 6.92 Å². The lowest BCUT2D eigenvalue weighted by atomic mass is 10.1. The van der Waals surface area contributed by atoms with Crippen LogP contribution >= 0.6 is 0 Å². The Labute approximate surface area is 148 Å². The fraction of sp³-hybridized carbons (Fsp3) is 0.300. The number of benzene rings is 2. The second-order valence-corrected chi connectivity index (χ2v) is 5.81. The van der Waals surface area contributed by atoms with E-state index in [1.807, 2.05) is 38.1 Å². The summed E-state index contributed by atoms with van der Waals surface area (Å²) in [5.74, 6) is 0.621. The van der Waals surface area contributed by atoms with Crippen LogP contribution in [0.4, 0.5) is 5.69 Å². The van der Waals surface area contributed by atoms with Crippen molar-refractivity contribution in [2.45, 2.75) is 20.8 Å². The van der Waals surface area contributed by atoms with Crippen molar-refractivity contribution >= 4 is 17.5 Å². The number of hydrogen-bond donors (Lipinski definition) is 1. The van der Waals surface area contributed by atoms with Gasteiger partial charge in [0.15, 0.2) is 0 Å². The van der Waals surface area contributed by atoms with Gasteiger partial charge in [0.2, 0.25) is 5.91 Å². The number of ether oxygens (including phenoxy) is 1. The summed E-state index contributed by atoms with van der Waals surface area (Å²) in [6, 6.07) is 14.7. The minimum Gasteiger partial charge on any atom is -0.492 e. The normalized spacial score (nSPS) is 10.2. The smallest absolute Gasteiger partial charge is 0.253 e. The van der Waals surface area contributed by atoms with E-state index < -0.39 is 0 Å². The zero-order valence-corrected chi connectivity index (χ0v) is 14.9. The number of amides is 2. The first-order valence-corrected chi connectivity index (χ1v) is 8.36. The summed E-state index contributed by atoms with van der Waals surface area (Å²) >= 11 is 0. The van der Waals surface area contributed by atoms with Crippen molar-refractivity contribution in [2.24, 2.45) is 0 Å². The Bertz CT molecular complexity index is 726. The van der Waals surface area contributed by atoms with Gasteiger partial charge >= 0.3 is 0 Å².